The Balaban J connectivity index is 1.35. The first-order valence-electron chi connectivity index (χ1n) is 16.2. The summed E-state index contributed by atoms with van der Waals surface area (Å²) in [5.41, 5.74) is -0.175. The molecule has 3 atom stereocenters. The number of phenols is 1. The molecule has 5 aromatic rings. The van der Waals surface area contributed by atoms with E-state index in [4.69, 9.17) is 20.9 Å². The first-order chi connectivity index (χ1) is 23.8. The Kier molecular flexibility index (Phi) is 7.69. The van der Waals surface area contributed by atoms with Gasteiger partial charge in [-0.05, 0) is 48.5 Å². The van der Waals surface area contributed by atoms with Crippen LogP contribution in [0.4, 0.5) is 19.0 Å². The standard InChI is InChI=1S/C37H32F3N5O4/c1-2-26-28(39)10-9-22-13-25(47)14-27(29(22)26)32-31(40)33-30-34(43-36(42-33)49-20-37-11-6-12-44(37)17-23(38)15-37)45(16-21-7-4-3-5-8-21)24(18-46)19-48-35(30)41-32/h1,3-5,7-10,13-14,23-24,46-47H,6,11-12,15-20H2/t23-,24-,37?/m1/s1. The van der Waals surface area contributed by atoms with Crippen molar-refractivity contribution in [2.75, 3.05) is 37.8 Å². The zero-order valence-electron chi connectivity index (χ0n) is 26.4. The van der Waals surface area contributed by atoms with Gasteiger partial charge in [0, 0.05) is 30.5 Å². The van der Waals surface area contributed by atoms with Gasteiger partial charge in [-0.3, -0.25) is 4.90 Å². The van der Waals surface area contributed by atoms with E-state index in [1.165, 1.54) is 24.3 Å². The van der Waals surface area contributed by atoms with Crippen molar-refractivity contribution < 1.29 is 32.9 Å². The van der Waals surface area contributed by atoms with E-state index in [9.17, 15) is 19.0 Å². The second-order valence-corrected chi connectivity index (χ2v) is 12.9. The molecule has 5 heterocycles. The molecule has 2 aromatic heterocycles. The molecule has 2 fully saturated rings. The number of aromatic hydroxyl groups is 1. The number of aliphatic hydroxyl groups is 1. The van der Waals surface area contributed by atoms with Crippen molar-refractivity contribution in [3.05, 3.63) is 77.4 Å². The number of pyridine rings is 1. The Hall–Kier alpha value is -5.12. The number of anilines is 1. The number of ether oxygens (including phenoxy) is 2. The summed E-state index contributed by atoms with van der Waals surface area (Å²) in [5.74, 6) is 0.762. The Morgan fingerprint density at radius 3 is 2.71 bits per heavy atom. The monoisotopic (exact) mass is 667 g/mol. The minimum atomic E-state index is -0.974. The predicted octanol–water partition coefficient (Wildman–Crippen LogP) is 5.53. The Morgan fingerprint density at radius 2 is 1.92 bits per heavy atom. The summed E-state index contributed by atoms with van der Waals surface area (Å²) in [5, 5.41) is 21.9. The van der Waals surface area contributed by atoms with Crippen LogP contribution in [0.3, 0.4) is 0 Å². The summed E-state index contributed by atoms with van der Waals surface area (Å²) < 4.78 is 59.1. The maximum atomic E-state index is 17.1. The molecule has 0 bridgehead atoms. The molecule has 9 nitrogen and oxygen atoms in total. The number of aliphatic hydroxyl groups excluding tert-OH is 1. The molecule has 1 unspecified atom stereocenters. The molecule has 0 amide bonds. The quantitative estimate of drug-likeness (QED) is 0.217. The molecule has 0 saturated carbocycles. The van der Waals surface area contributed by atoms with Crippen LogP contribution in [0.1, 0.15) is 30.4 Å². The van der Waals surface area contributed by atoms with Crippen molar-refractivity contribution in [2.45, 2.75) is 43.6 Å². The SMILES string of the molecule is C#Cc1c(F)ccc2cc(O)cc(-c3nc4c5c(nc(OCC67CCCN6C[C@H](F)C7)nc5c3F)N(Cc3ccccc3)[C@H](CO)CO4)c12. The van der Waals surface area contributed by atoms with E-state index in [-0.39, 0.29) is 82.9 Å². The molecule has 2 saturated heterocycles. The predicted molar refractivity (Wildman–Crippen MR) is 177 cm³/mol. The van der Waals surface area contributed by atoms with Crippen molar-refractivity contribution in [2.24, 2.45) is 0 Å². The molecule has 3 aliphatic heterocycles. The molecule has 0 spiro atoms. The molecule has 250 valence electrons. The van der Waals surface area contributed by atoms with Gasteiger partial charge in [0.1, 0.15) is 53.4 Å². The normalized spacial score (nSPS) is 21.8. The number of hydrogen-bond donors (Lipinski definition) is 2. The first-order valence-corrected chi connectivity index (χ1v) is 16.2. The van der Waals surface area contributed by atoms with Gasteiger partial charge in [-0.15, -0.1) is 6.42 Å². The number of alkyl halides is 1. The van der Waals surface area contributed by atoms with Crippen LogP contribution in [-0.4, -0.2) is 80.7 Å². The smallest absolute Gasteiger partial charge is 0.319 e. The number of rotatable bonds is 7. The summed E-state index contributed by atoms with van der Waals surface area (Å²) in [6.45, 7) is 1.12. The fourth-order valence-electron chi connectivity index (χ4n) is 7.63. The lowest BCUT2D eigenvalue weighted by Gasteiger charge is -2.32. The fourth-order valence-corrected chi connectivity index (χ4v) is 7.63. The Labute approximate surface area is 279 Å². The van der Waals surface area contributed by atoms with Crippen LogP contribution in [0.25, 0.3) is 32.9 Å². The van der Waals surface area contributed by atoms with Crippen molar-refractivity contribution in [3.63, 3.8) is 0 Å². The Bertz CT molecular complexity index is 2150. The van der Waals surface area contributed by atoms with Gasteiger partial charge in [-0.2, -0.15) is 9.97 Å². The van der Waals surface area contributed by atoms with Gasteiger partial charge in [0.05, 0.1) is 23.8 Å². The van der Waals surface area contributed by atoms with Crippen LogP contribution < -0.4 is 14.4 Å². The molecule has 0 aliphatic carbocycles. The number of fused-ring (bicyclic) bond motifs is 2. The molecule has 2 N–H and O–H groups in total. The van der Waals surface area contributed by atoms with Gasteiger partial charge in [-0.1, -0.05) is 42.3 Å². The maximum Gasteiger partial charge on any atom is 0.319 e. The molecule has 12 heteroatoms. The van der Waals surface area contributed by atoms with Crippen LogP contribution >= 0.6 is 0 Å². The van der Waals surface area contributed by atoms with Crippen LogP contribution in [0.2, 0.25) is 0 Å². The third-order valence-corrected chi connectivity index (χ3v) is 9.93. The summed E-state index contributed by atoms with van der Waals surface area (Å²) in [6, 6.07) is 14.1. The van der Waals surface area contributed by atoms with E-state index >= 15 is 4.39 Å². The average molecular weight is 668 g/mol. The lowest BCUT2D eigenvalue weighted by Crippen LogP contribution is -2.43. The van der Waals surface area contributed by atoms with E-state index in [0.29, 0.717) is 18.4 Å². The van der Waals surface area contributed by atoms with Gasteiger partial charge in [0.25, 0.3) is 0 Å². The van der Waals surface area contributed by atoms with Crippen molar-refractivity contribution in [1.82, 2.24) is 19.9 Å². The van der Waals surface area contributed by atoms with Gasteiger partial charge in [0.2, 0.25) is 5.88 Å². The van der Waals surface area contributed by atoms with Gasteiger partial charge in [0.15, 0.2) is 5.82 Å². The minimum Gasteiger partial charge on any atom is -0.508 e. The zero-order valence-corrected chi connectivity index (χ0v) is 26.4. The number of halogens is 3. The van der Waals surface area contributed by atoms with Gasteiger partial charge in [-0.25, -0.2) is 18.2 Å². The molecular formula is C37H32F3N5O4. The molecule has 8 rings (SSSR count). The summed E-state index contributed by atoms with van der Waals surface area (Å²) >= 11 is 0. The lowest BCUT2D eigenvalue weighted by atomic mass is 9.95. The number of hydrogen-bond acceptors (Lipinski definition) is 9. The van der Waals surface area contributed by atoms with Gasteiger partial charge < -0.3 is 24.6 Å². The summed E-state index contributed by atoms with van der Waals surface area (Å²) in [7, 11) is 0. The third-order valence-electron chi connectivity index (χ3n) is 9.93. The number of aromatic nitrogens is 3. The summed E-state index contributed by atoms with van der Waals surface area (Å²) in [4.78, 5) is 17.8. The number of benzene rings is 3. The van der Waals surface area contributed by atoms with Crippen molar-refractivity contribution >= 4 is 27.5 Å². The highest BCUT2D eigenvalue weighted by molar-refractivity contribution is 6.04. The third kappa shape index (κ3) is 5.25. The van der Waals surface area contributed by atoms with Crippen LogP contribution in [0.5, 0.6) is 17.6 Å². The lowest BCUT2D eigenvalue weighted by molar-refractivity contribution is 0.107. The van der Waals surface area contributed by atoms with Crippen LogP contribution in [-0.2, 0) is 6.54 Å². The first kappa shape index (κ1) is 31.2. The minimum absolute atomic E-state index is 0.0197. The zero-order chi connectivity index (χ0) is 33.9. The van der Waals surface area contributed by atoms with Crippen LogP contribution in [0.15, 0.2) is 54.6 Å². The van der Waals surface area contributed by atoms with E-state index in [1.807, 2.05) is 35.2 Å². The molecule has 0 radical (unpaired) electrons. The largest absolute Gasteiger partial charge is 0.508 e. The topological polar surface area (TPSA) is 104 Å². The maximum absolute atomic E-state index is 17.1. The molecular weight excluding hydrogens is 635 g/mol. The fraction of sp³-hybridized carbons (Fsp3) is 0.324. The highest BCUT2D eigenvalue weighted by Crippen LogP contribution is 2.44. The average Bonchev–Trinajstić information content (AvgIpc) is 3.58. The summed E-state index contributed by atoms with van der Waals surface area (Å²) in [6.07, 6.45) is 6.71. The van der Waals surface area contributed by atoms with E-state index in [0.717, 1.165) is 24.9 Å². The van der Waals surface area contributed by atoms with Crippen molar-refractivity contribution in [1.29, 1.82) is 0 Å². The number of nitrogens with zero attached hydrogens (tertiary/aromatic N) is 5. The second kappa shape index (κ2) is 12.1. The molecule has 49 heavy (non-hydrogen) atoms. The van der Waals surface area contributed by atoms with Crippen LogP contribution in [0, 0.1) is 24.0 Å². The highest BCUT2D eigenvalue weighted by Gasteiger charge is 2.49. The van der Waals surface area contributed by atoms with Crippen molar-refractivity contribution in [3.8, 4) is 41.2 Å². The second-order valence-electron chi connectivity index (χ2n) is 12.9. The van der Waals surface area contributed by atoms with E-state index in [1.54, 1.807) is 0 Å². The van der Waals surface area contributed by atoms with E-state index < -0.39 is 29.4 Å². The number of phenolic OH excluding ortho intramolecular Hbond substituents is 1. The molecule has 3 aromatic carbocycles. The number of terminal acetylenes is 1. The molecule has 3 aliphatic rings. The van der Waals surface area contributed by atoms with E-state index in [2.05, 4.69) is 20.8 Å². The van der Waals surface area contributed by atoms with Gasteiger partial charge >= 0.3 is 6.01 Å². The Morgan fingerprint density at radius 1 is 1.08 bits per heavy atom. The highest BCUT2D eigenvalue weighted by atomic mass is 19.1.